The number of carbonyl (C=O) groups is 2. The number of methoxy groups -OCH3 is 2. The van der Waals surface area contributed by atoms with Gasteiger partial charge in [0, 0.05) is 0 Å². The summed E-state index contributed by atoms with van der Waals surface area (Å²) in [6.45, 7) is 0. The molecular weight excluding hydrogens is 328 g/mol. The molecule has 4 heteroatoms. The van der Waals surface area contributed by atoms with E-state index in [0.29, 0.717) is 11.5 Å². The molecule has 2 aromatic rings. The van der Waals surface area contributed by atoms with Crippen molar-refractivity contribution in [3.63, 3.8) is 0 Å². The minimum atomic E-state index is -0.576. The fourth-order valence-electron chi connectivity index (χ4n) is 3.75. The first-order valence-electron chi connectivity index (χ1n) is 8.42. The zero-order valence-electron chi connectivity index (χ0n) is 14.6. The Labute approximate surface area is 151 Å². The Hall–Kier alpha value is -3.14. The average molecular weight is 346 g/mol. The molecule has 0 saturated heterocycles. The van der Waals surface area contributed by atoms with Gasteiger partial charge in [-0.3, -0.25) is 9.59 Å². The predicted octanol–water partition coefficient (Wildman–Crippen LogP) is 3.76. The fourth-order valence-corrected chi connectivity index (χ4v) is 3.75. The van der Waals surface area contributed by atoms with Gasteiger partial charge in [0.2, 0.25) is 0 Å². The Morgan fingerprint density at radius 3 is 1.46 bits per heavy atom. The quantitative estimate of drug-likeness (QED) is 0.849. The molecule has 2 atom stereocenters. The van der Waals surface area contributed by atoms with Crippen molar-refractivity contribution in [3.8, 4) is 11.5 Å². The second-order valence-electron chi connectivity index (χ2n) is 6.42. The maximum atomic E-state index is 12.8. The van der Waals surface area contributed by atoms with Crippen LogP contribution in [0.4, 0.5) is 0 Å². The zero-order chi connectivity index (χ0) is 18.3. The van der Waals surface area contributed by atoms with Crippen molar-refractivity contribution in [2.45, 2.75) is 11.8 Å². The van der Waals surface area contributed by atoms with Crippen LogP contribution in [0, 0.1) is 0 Å². The first-order chi connectivity index (χ1) is 12.6. The maximum Gasteiger partial charge on any atom is 0.164 e. The topological polar surface area (TPSA) is 52.6 Å². The zero-order valence-corrected chi connectivity index (χ0v) is 14.6. The number of hydrogen-bond acceptors (Lipinski definition) is 4. The molecule has 0 aromatic heterocycles. The van der Waals surface area contributed by atoms with Crippen LogP contribution in [0.2, 0.25) is 0 Å². The number of hydrogen-bond donors (Lipinski definition) is 0. The maximum absolute atomic E-state index is 12.8. The van der Waals surface area contributed by atoms with Crippen LogP contribution in [-0.4, -0.2) is 25.8 Å². The first-order valence-corrected chi connectivity index (χ1v) is 8.42. The summed E-state index contributed by atoms with van der Waals surface area (Å²) in [5.41, 5.74) is 3.50. The van der Waals surface area contributed by atoms with Gasteiger partial charge in [-0.25, -0.2) is 0 Å². The Kier molecular flexibility index (Phi) is 3.96. The average Bonchev–Trinajstić information content (AvgIpc) is 2.68. The van der Waals surface area contributed by atoms with E-state index in [2.05, 4.69) is 0 Å². The molecular formula is C22H18O4. The van der Waals surface area contributed by atoms with Crippen LogP contribution in [0.25, 0.3) is 12.2 Å². The van der Waals surface area contributed by atoms with Gasteiger partial charge < -0.3 is 9.47 Å². The van der Waals surface area contributed by atoms with Crippen LogP contribution in [0.3, 0.4) is 0 Å². The molecule has 2 aliphatic rings. The molecule has 0 spiro atoms. The molecule has 0 saturated carbocycles. The van der Waals surface area contributed by atoms with E-state index >= 15 is 0 Å². The predicted molar refractivity (Wildman–Crippen MR) is 99.6 cm³/mol. The van der Waals surface area contributed by atoms with Crippen LogP contribution in [0.15, 0.2) is 48.6 Å². The van der Waals surface area contributed by atoms with E-state index in [4.69, 9.17) is 9.47 Å². The minimum Gasteiger partial charge on any atom is -0.497 e. The van der Waals surface area contributed by atoms with Crippen LogP contribution in [0.5, 0.6) is 11.5 Å². The Balaban J connectivity index is 1.90. The molecule has 26 heavy (non-hydrogen) atoms. The molecule has 0 aliphatic heterocycles. The summed E-state index contributed by atoms with van der Waals surface area (Å²) in [5, 5.41) is 0. The molecule has 2 aromatic carbocycles. The lowest BCUT2D eigenvalue weighted by Gasteiger charge is -2.30. The molecule has 0 radical (unpaired) electrons. The van der Waals surface area contributed by atoms with Gasteiger partial charge in [0.25, 0.3) is 0 Å². The second kappa shape index (κ2) is 6.30. The normalized spacial score (nSPS) is 20.5. The van der Waals surface area contributed by atoms with E-state index in [9.17, 15) is 9.59 Å². The van der Waals surface area contributed by atoms with Gasteiger partial charge in [0.1, 0.15) is 11.5 Å². The molecule has 0 amide bonds. The molecule has 0 heterocycles. The number of benzene rings is 2. The lowest BCUT2D eigenvalue weighted by atomic mass is 9.70. The number of carbonyl (C=O) groups excluding carboxylic acids is 2. The number of allylic oxidation sites excluding steroid dienone is 2. The molecule has 130 valence electrons. The summed E-state index contributed by atoms with van der Waals surface area (Å²) in [7, 11) is 3.18. The fraction of sp³-hybridized carbons (Fsp3) is 0.182. The van der Waals surface area contributed by atoms with Crippen molar-refractivity contribution in [3.05, 3.63) is 70.8 Å². The summed E-state index contributed by atoms with van der Waals surface area (Å²) in [4.78, 5) is 25.7. The van der Waals surface area contributed by atoms with E-state index in [1.54, 1.807) is 38.5 Å². The van der Waals surface area contributed by atoms with Crippen molar-refractivity contribution in [2.24, 2.45) is 0 Å². The summed E-state index contributed by atoms with van der Waals surface area (Å²) >= 11 is 0. The molecule has 2 unspecified atom stereocenters. The van der Waals surface area contributed by atoms with Crippen LogP contribution < -0.4 is 9.47 Å². The highest BCUT2D eigenvalue weighted by Gasteiger charge is 2.39. The molecule has 4 nitrogen and oxygen atoms in total. The molecule has 4 rings (SSSR count). The molecule has 0 N–H and O–H groups in total. The van der Waals surface area contributed by atoms with Gasteiger partial charge in [-0.1, -0.05) is 24.3 Å². The van der Waals surface area contributed by atoms with Gasteiger partial charge in [-0.05, 0) is 58.7 Å². The summed E-state index contributed by atoms with van der Waals surface area (Å²) in [6, 6.07) is 11.3. The number of ketones is 2. The van der Waals surface area contributed by atoms with Crippen molar-refractivity contribution in [1.82, 2.24) is 0 Å². The Bertz CT molecular complexity index is 889. The van der Waals surface area contributed by atoms with E-state index in [1.807, 2.05) is 36.4 Å². The van der Waals surface area contributed by atoms with Crippen LogP contribution in [0.1, 0.15) is 34.1 Å². The minimum absolute atomic E-state index is 0.0758. The van der Waals surface area contributed by atoms with Crippen molar-refractivity contribution in [1.29, 1.82) is 0 Å². The number of fused-ring (bicyclic) bond motifs is 2. The summed E-state index contributed by atoms with van der Waals surface area (Å²) < 4.78 is 10.7. The third kappa shape index (κ3) is 2.54. The van der Waals surface area contributed by atoms with Crippen molar-refractivity contribution >= 4 is 23.7 Å². The number of rotatable bonds is 3. The molecule has 0 bridgehead atoms. The molecule has 2 aliphatic carbocycles. The molecule has 0 fully saturated rings. The van der Waals surface area contributed by atoms with Gasteiger partial charge in [0.05, 0.1) is 26.1 Å². The van der Waals surface area contributed by atoms with Crippen molar-refractivity contribution in [2.75, 3.05) is 14.2 Å². The van der Waals surface area contributed by atoms with Gasteiger partial charge >= 0.3 is 0 Å². The highest BCUT2D eigenvalue weighted by Crippen LogP contribution is 2.44. The van der Waals surface area contributed by atoms with E-state index in [0.717, 1.165) is 22.3 Å². The Morgan fingerprint density at radius 2 is 1.08 bits per heavy atom. The van der Waals surface area contributed by atoms with Crippen molar-refractivity contribution < 1.29 is 19.1 Å². The van der Waals surface area contributed by atoms with E-state index in [-0.39, 0.29) is 11.6 Å². The summed E-state index contributed by atoms with van der Waals surface area (Å²) in [6.07, 6.45) is 6.71. The largest absolute Gasteiger partial charge is 0.497 e. The van der Waals surface area contributed by atoms with Crippen LogP contribution >= 0.6 is 0 Å². The van der Waals surface area contributed by atoms with Gasteiger partial charge in [-0.2, -0.15) is 0 Å². The first kappa shape index (κ1) is 16.3. The highest BCUT2D eigenvalue weighted by atomic mass is 16.5. The van der Waals surface area contributed by atoms with E-state index < -0.39 is 11.8 Å². The standard InChI is InChI=1S/C22H18O4/c1-25-15-7-3-13-5-9-19(23)21(17(13)11-15)22-18-12-16(26-2)8-4-14(18)6-10-20(22)24/h3-12,21-22H,1-2H3. The third-order valence-electron chi connectivity index (χ3n) is 5.06. The summed E-state index contributed by atoms with van der Waals surface area (Å²) in [5.74, 6) is 0.0335. The Morgan fingerprint density at radius 1 is 0.654 bits per heavy atom. The van der Waals surface area contributed by atoms with Gasteiger partial charge in [0.15, 0.2) is 11.6 Å². The lowest BCUT2D eigenvalue weighted by molar-refractivity contribution is -0.122. The van der Waals surface area contributed by atoms with Gasteiger partial charge in [-0.15, -0.1) is 0 Å². The second-order valence-corrected chi connectivity index (χ2v) is 6.42. The third-order valence-corrected chi connectivity index (χ3v) is 5.06. The lowest BCUT2D eigenvalue weighted by Crippen LogP contribution is -2.29. The SMILES string of the molecule is COc1ccc2c(c1)C(C1C(=O)C=Cc3ccc(OC)cc31)C(=O)C=C2. The number of ether oxygens (including phenoxy) is 2. The van der Waals surface area contributed by atoms with Crippen LogP contribution in [-0.2, 0) is 9.59 Å². The smallest absolute Gasteiger partial charge is 0.164 e. The monoisotopic (exact) mass is 346 g/mol. The highest BCUT2D eigenvalue weighted by molar-refractivity contribution is 6.10. The van der Waals surface area contributed by atoms with E-state index in [1.165, 1.54) is 0 Å².